The molecule has 0 bridgehead atoms. The summed E-state index contributed by atoms with van der Waals surface area (Å²) in [6.45, 7) is 4.86. The van der Waals surface area contributed by atoms with Gasteiger partial charge in [-0.05, 0) is 23.6 Å². The van der Waals surface area contributed by atoms with E-state index < -0.39 is 0 Å². The molecule has 0 aliphatic rings. The van der Waals surface area contributed by atoms with Crippen LogP contribution in [0.3, 0.4) is 0 Å². The Morgan fingerprint density at radius 1 is 1.19 bits per heavy atom. The summed E-state index contributed by atoms with van der Waals surface area (Å²) >= 11 is 0. The van der Waals surface area contributed by atoms with E-state index in [-0.39, 0.29) is 0 Å². The van der Waals surface area contributed by atoms with Gasteiger partial charge in [0.15, 0.2) is 0 Å². The van der Waals surface area contributed by atoms with Gasteiger partial charge in [-0.1, -0.05) is 26.0 Å². The number of ether oxygens (including phenoxy) is 1. The lowest BCUT2D eigenvalue weighted by molar-refractivity contribution is 0.185. The maximum Gasteiger partial charge on any atom is 0.139 e. The number of nitrogens with zero attached hydrogens (tertiary/aromatic N) is 2. The molecule has 0 amide bonds. The van der Waals surface area contributed by atoms with Crippen molar-refractivity contribution in [1.82, 2.24) is 9.97 Å². The average molecular weight is 286 g/mol. The van der Waals surface area contributed by atoms with Crippen molar-refractivity contribution in [2.45, 2.75) is 26.4 Å². The predicted octanol–water partition coefficient (Wildman–Crippen LogP) is 3.53. The van der Waals surface area contributed by atoms with E-state index in [1.54, 1.807) is 13.4 Å². The van der Waals surface area contributed by atoms with Crippen LogP contribution in [0.15, 0.2) is 30.6 Å². The molecule has 21 heavy (non-hydrogen) atoms. The van der Waals surface area contributed by atoms with E-state index in [1.165, 1.54) is 0 Å². The van der Waals surface area contributed by atoms with E-state index in [2.05, 4.69) is 40.5 Å². The van der Waals surface area contributed by atoms with Crippen molar-refractivity contribution in [3.05, 3.63) is 41.7 Å². The average Bonchev–Trinajstić information content (AvgIpc) is 2.47. The van der Waals surface area contributed by atoms with Gasteiger partial charge in [0.05, 0.1) is 6.61 Å². The van der Waals surface area contributed by atoms with Gasteiger partial charge in [0.25, 0.3) is 0 Å². The minimum Gasteiger partial charge on any atom is -0.380 e. The molecule has 0 aliphatic carbocycles. The molecule has 0 aliphatic heterocycles. The van der Waals surface area contributed by atoms with Crippen LogP contribution in [0.1, 0.15) is 30.9 Å². The van der Waals surface area contributed by atoms with Crippen LogP contribution in [0.4, 0.5) is 17.3 Å². The Morgan fingerprint density at radius 3 is 2.62 bits per heavy atom. The molecule has 0 atom stereocenters. The van der Waals surface area contributed by atoms with Crippen molar-refractivity contribution < 1.29 is 4.74 Å². The van der Waals surface area contributed by atoms with Crippen LogP contribution >= 0.6 is 0 Å². The minimum absolute atomic E-state index is 0.318. The Hall–Kier alpha value is -2.14. The Kier molecular flexibility index (Phi) is 5.11. The largest absolute Gasteiger partial charge is 0.380 e. The van der Waals surface area contributed by atoms with E-state index in [9.17, 15) is 0 Å². The van der Waals surface area contributed by atoms with Crippen LogP contribution in [0.2, 0.25) is 0 Å². The van der Waals surface area contributed by atoms with Gasteiger partial charge in [-0.3, -0.25) is 0 Å². The van der Waals surface area contributed by atoms with Gasteiger partial charge >= 0.3 is 0 Å². The van der Waals surface area contributed by atoms with Gasteiger partial charge in [-0.25, -0.2) is 9.97 Å². The van der Waals surface area contributed by atoms with Crippen molar-refractivity contribution in [3.8, 4) is 0 Å². The second-order valence-corrected chi connectivity index (χ2v) is 5.15. The molecule has 0 radical (unpaired) electrons. The van der Waals surface area contributed by atoms with Crippen LogP contribution in [0, 0.1) is 0 Å². The first-order chi connectivity index (χ1) is 10.2. The fraction of sp³-hybridized carbons (Fsp3) is 0.375. The van der Waals surface area contributed by atoms with Crippen LogP contribution in [-0.4, -0.2) is 24.1 Å². The van der Waals surface area contributed by atoms with Gasteiger partial charge in [-0.2, -0.15) is 0 Å². The molecule has 0 saturated heterocycles. The van der Waals surface area contributed by atoms with Crippen LogP contribution < -0.4 is 10.6 Å². The molecular weight excluding hydrogens is 264 g/mol. The predicted molar refractivity (Wildman–Crippen MR) is 86.1 cm³/mol. The maximum absolute atomic E-state index is 5.17. The summed E-state index contributed by atoms with van der Waals surface area (Å²) in [7, 11) is 3.57. The van der Waals surface area contributed by atoms with E-state index in [0.29, 0.717) is 12.5 Å². The number of rotatable bonds is 6. The molecule has 1 heterocycles. The Morgan fingerprint density at radius 2 is 1.95 bits per heavy atom. The first kappa shape index (κ1) is 15.3. The topological polar surface area (TPSA) is 59.1 Å². The van der Waals surface area contributed by atoms with Gasteiger partial charge in [0, 0.05) is 25.4 Å². The molecule has 112 valence electrons. The Bertz CT molecular complexity index is 599. The summed E-state index contributed by atoms with van der Waals surface area (Å²) in [6.07, 6.45) is 1.57. The third-order valence-electron chi connectivity index (χ3n) is 3.20. The van der Waals surface area contributed by atoms with Crippen molar-refractivity contribution >= 4 is 17.3 Å². The molecule has 2 aromatic rings. The number of hydrogen-bond acceptors (Lipinski definition) is 5. The fourth-order valence-electron chi connectivity index (χ4n) is 2.28. The van der Waals surface area contributed by atoms with E-state index in [4.69, 9.17) is 4.74 Å². The SMILES string of the molecule is CNc1ncnc(Nc2cccc(COC)c2)c1C(C)C. The Labute approximate surface area is 125 Å². The highest BCUT2D eigenvalue weighted by atomic mass is 16.5. The standard InChI is InChI=1S/C16H22N4O/c1-11(2)14-15(17-3)18-10-19-16(14)20-13-7-5-6-12(8-13)9-21-4/h5-8,10-11H,9H2,1-4H3,(H2,17,18,19,20). The van der Waals surface area contributed by atoms with Crippen LogP contribution in [0.25, 0.3) is 0 Å². The van der Waals surface area contributed by atoms with Crippen molar-refractivity contribution in [2.24, 2.45) is 0 Å². The zero-order chi connectivity index (χ0) is 15.2. The zero-order valence-corrected chi connectivity index (χ0v) is 13.0. The number of anilines is 3. The second-order valence-electron chi connectivity index (χ2n) is 5.15. The summed E-state index contributed by atoms with van der Waals surface area (Å²) in [4.78, 5) is 8.67. The molecule has 2 rings (SSSR count). The molecule has 5 nitrogen and oxygen atoms in total. The summed E-state index contributed by atoms with van der Waals surface area (Å²) in [5.41, 5.74) is 3.20. The third kappa shape index (κ3) is 3.70. The summed E-state index contributed by atoms with van der Waals surface area (Å²) in [5, 5.41) is 6.50. The lowest BCUT2D eigenvalue weighted by atomic mass is 10.0. The lowest BCUT2D eigenvalue weighted by Gasteiger charge is -2.17. The second kappa shape index (κ2) is 7.04. The molecule has 0 fully saturated rings. The molecule has 2 N–H and O–H groups in total. The molecular formula is C16H22N4O. The molecule has 1 aromatic carbocycles. The summed E-state index contributed by atoms with van der Waals surface area (Å²) < 4.78 is 5.17. The quantitative estimate of drug-likeness (QED) is 0.850. The fourth-order valence-corrected chi connectivity index (χ4v) is 2.28. The third-order valence-corrected chi connectivity index (χ3v) is 3.20. The van der Waals surface area contributed by atoms with E-state index >= 15 is 0 Å². The number of benzene rings is 1. The van der Waals surface area contributed by atoms with Crippen LogP contribution in [0.5, 0.6) is 0 Å². The number of aromatic nitrogens is 2. The van der Waals surface area contributed by atoms with Crippen LogP contribution in [-0.2, 0) is 11.3 Å². The maximum atomic E-state index is 5.17. The summed E-state index contributed by atoms with van der Waals surface area (Å²) in [5.74, 6) is 2.01. The lowest BCUT2D eigenvalue weighted by Crippen LogP contribution is -2.07. The molecule has 1 aromatic heterocycles. The molecule has 0 spiro atoms. The van der Waals surface area contributed by atoms with Crippen molar-refractivity contribution in [2.75, 3.05) is 24.8 Å². The minimum atomic E-state index is 0.318. The van der Waals surface area contributed by atoms with Crippen molar-refractivity contribution in [3.63, 3.8) is 0 Å². The van der Waals surface area contributed by atoms with Gasteiger partial charge < -0.3 is 15.4 Å². The normalized spacial score (nSPS) is 10.7. The molecule has 5 heteroatoms. The highest BCUT2D eigenvalue weighted by Gasteiger charge is 2.14. The van der Waals surface area contributed by atoms with Crippen molar-refractivity contribution in [1.29, 1.82) is 0 Å². The zero-order valence-electron chi connectivity index (χ0n) is 13.0. The summed E-state index contributed by atoms with van der Waals surface area (Å²) in [6, 6.07) is 8.13. The van der Waals surface area contributed by atoms with E-state index in [1.807, 2.05) is 25.2 Å². The first-order valence-corrected chi connectivity index (χ1v) is 7.03. The van der Waals surface area contributed by atoms with Gasteiger partial charge in [0.2, 0.25) is 0 Å². The smallest absolute Gasteiger partial charge is 0.139 e. The highest BCUT2D eigenvalue weighted by molar-refractivity contribution is 5.66. The Balaban J connectivity index is 2.33. The molecule has 0 unspecified atom stereocenters. The highest BCUT2D eigenvalue weighted by Crippen LogP contribution is 2.30. The molecule has 0 saturated carbocycles. The monoisotopic (exact) mass is 286 g/mol. The number of hydrogen-bond donors (Lipinski definition) is 2. The van der Waals surface area contributed by atoms with Gasteiger partial charge in [0.1, 0.15) is 18.0 Å². The first-order valence-electron chi connectivity index (χ1n) is 7.03. The van der Waals surface area contributed by atoms with E-state index in [0.717, 1.165) is 28.5 Å². The number of nitrogens with one attached hydrogen (secondary N) is 2. The van der Waals surface area contributed by atoms with Gasteiger partial charge in [-0.15, -0.1) is 0 Å². The number of methoxy groups -OCH3 is 1.